The lowest BCUT2D eigenvalue weighted by atomic mass is 10.1. The van der Waals surface area contributed by atoms with Crippen molar-refractivity contribution in [3.8, 4) is 11.5 Å². The second kappa shape index (κ2) is 4.18. The van der Waals surface area contributed by atoms with Gasteiger partial charge in [0.2, 0.25) is 0 Å². The number of Topliss-reactive ketones (excluding diaryl/α,β-unsaturated/α-hetero) is 1. The SMILES string of the molecule is CC(=O)c1ccc(Oc2cnn(C)c2)cc1. The number of ketones is 1. The van der Waals surface area contributed by atoms with E-state index in [0.29, 0.717) is 17.1 Å². The van der Waals surface area contributed by atoms with Crippen LogP contribution in [0.3, 0.4) is 0 Å². The summed E-state index contributed by atoms with van der Waals surface area (Å²) in [4.78, 5) is 11.1. The van der Waals surface area contributed by atoms with Crippen molar-refractivity contribution in [2.45, 2.75) is 6.92 Å². The fourth-order valence-electron chi connectivity index (χ4n) is 1.35. The standard InChI is InChI=1S/C12H12N2O2/c1-9(15)10-3-5-11(6-4-10)16-12-7-13-14(2)8-12/h3-8H,1-2H3. The third kappa shape index (κ3) is 2.28. The van der Waals surface area contributed by atoms with E-state index in [9.17, 15) is 4.79 Å². The van der Waals surface area contributed by atoms with E-state index in [-0.39, 0.29) is 5.78 Å². The summed E-state index contributed by atoms with van der Waals surface area (Å²) in [6.07, 6.45) is 3.41. The van der Waals surface area contributed by atoms with Gasteiger partial charge in [-0.15, -0.1) is 0 Å². The van der Waals surface area contributed by atoms with Crippen LogP contribution < -0.4 is 4.74 Å². The molecule has 2 rings (SSSR count). The van der Waals surface area contributed by atoms with Gasteiger partial charge in [-0.3, -0.25) is 9.48 Å². The number of benzene rings is 1. The Kier molecular flexibility index (Phi) is 2.72. The molecule has 1 heterocycles. The van der Waals surface area contributed by atoms with Gasteiger partial charge in [0.15, 0.2) is 11.5 Å². The third-order valence-electron chi connectivity index (χ3n) is 2.18. The fraction of sp³-hybridized carbons (Fsp3) is 0.167. The van der Waals surface area contributed by atoms with Gasteiger partial charge in [-0.1, -0.05) is 0 Å². The minimum Gasteiger partial charge on any atom is -0.454 e. The molecule has 1 aromatic heterocycles. The first-order chi connectivity index (χ1) is 7.65. The molecule has 1 aromatic carbocycles. The number of aromatic nitrogens is 2. The van der Waals surface area contributed by atoms with E-state index in [4.69, 9.17) is 4.74 Å². The number of hydrogen-bond acceptors (Lipinski definition) is 3. The lowest BCUT2D eigenvalue weighted by Gasteiger charge is -2.02. The predicted octanol–water partition coefficient (Wildman–Crippen LogP) is 2.42. The maximum absolute atomic E-state index is 11.1. The molecule has 0 saturated heterocycles. The molecular weight excluding hydrogens is 204 g/mol. The zero-order chi connectivity index (χ0) is 11.5. The molecule has 0 atom stereocenters. The quantitative estimate of drug-likeness (QED) is 0.740. The second-order valence-electron chi connectivity index (χ2n) is 3.53. The minimum atomic E-state index is 0.0490. The summed E-state index contributed by atoms with van der Waals surface area (Å²) in [5, 5.41) is 4.00. The van der Waals surface area contributed by atoms with E-state index in [1.54, 1.807) is 41.3 Å². The summed E-state index contributed by atoms with van der Waals surface area (Å²) >= 11 is 0. The van der Waals surface area contributed by atoms with Crippen molar-refractivity contribution in [1.82, 2.24) is 9.78 Å². The lowest BCUT2D eigenvalue weighted by molar-refractivity contribution is 0.101. The Bertz CT molecular complexity index is 500. The van der Waals surface area contributed by atoms with Crippen LogP contribution in [0.15, 0.2) is 36.7 Å². The zero-order valence-corrected chi connectivity index (χ0v) is 9.18. The van der Waals surface area contributed by atoms with Gasteiger partial charge in [0.05, 0.1) is 12.4 Å². The molecule has 0 aliphatic carbocycles. The lowest BCUT2D eigenvalue weighted by Crippen LogP contribution is -1.91. The Balaban J connectivity index is 2.14. The topological polar surface area (TPSA) is 44.1 Å². The maximum atomic E-state index is 11.1. The fourth-order valence-corrected chi connectivity index (χ4v) is 1.35. The molecule has 4 nitrogen and oxygen atoms in total. The molecule has 0 spiro atoms. The molecule has 16 heavy (non-hydrogen) atoms. The number of carbonyl (C=O) groups is 1. The van der Waals surface area contributed by atoms with E-state index in [2.05, 4.69) is 5.10 Å². The van der Waals surface area contributed by atoms with Crippen molar-refractivity contribution in [1.29, 1.82) is 0 Å². The first-order valence-electron chi connectivity index (χ1n) is 4.92. The average molecular weight is 216 g/mol. The van der Waals surface area contributed by atoms with Gasteiger partial charge in [-0.25, -0.2) is 0 Å². The van der Waals surface area contributed by atoms with Crippen LogP contribution in [0.4, 0.5) is 0 Å². The Morgan fingerprint density at radius 3 is 2.44 bits per heavy atom. The minimum absolute atomic E-state index is 0.0490. The summed E-state index contributed by atoms with van der Waals surface area (Å²) in [7, 11) is 1.83. The third-order valence-corrected chi connectivity index (χ3v) is 2.18. The number of aryl methyl sites for hydroxylation is 1. The molecule has 0 aliphatic heterocycles. The summed E-state index contributed by atoms with van der Waals surface area (Å²) in [6.45, 7) is 1.54. The first kappa shape index (κ1) is 10.4. The van der Waals surface area contributed by atoms with Crippen LogP contribution in [0.25, 0.3) is 0 Å². The highest BCUT2D eigenvalue weighted by atomic mass is 16.5. The molecule has 0 saturated carbocycles. The molecular formula is C12H12N2O2. The Labute approximate surface area is 93.5 Å². The smallest absolute Gasteiger partial charge is 0.165 e. The van der Waals surface area contributed by atoms with Crippen LogP contribution >= 0.6 is 0 Å². The van der Waals surface area contributed by atoms with Crippen molar-refractivity contribution in [2.24, 2.45) is 7.05 Å². The largest absolute Gasteiger partial charge is 0.454 e. The molecule has 0 N–H and O–H groups in total. The number of ether oxygens (including phenoxy) is 1. The molecule has 0 bridgehead atoms. The first-order valence-corrected chi connectivity index (χ1v) is 4.92. The normalized spacial score (nSPS) is 10.1. The average Bonchev–Trinajstić information content (AvgIpc) is 2.65. The molecule has 0 radical (unpaired) electrons. The Morgan fingerprint density at radius 2 is 1.94 bits per heavy atom. The van der Waals surface area contributed by atoms with Crippen LogP contribution in [0.5, 0.6) is 11.5 Å². The van der Waals surface area contributed by atoms with Crippen LogP contribution in [0.2, 0.25) is 0 Å². The van der Waals surface area contributed by atoms with Gasteiger partial charge in [0, 0.05) is 12.6 Å². The van der Waals surface area contributed by atoms with E-state index in [1.165, 1.54) is 6.92 Å². The van der Waals surface area contributed by atoms with E-state index in [1.807, 2.05) is 7.05 Å². The number of nitrogens with zero attached hydrogens (tertiary/aromatic N) is 2. The Hall–Kier alpha value is -2.10. The molecule has 0 fully saturated rings. The molecule has 4 heteroatoms. The van der Waals surface area contributed by atoms with Gasteiger partial charge in [-0.2, -0.15) is 5.10 Å². The zero-order valence-electron chi connectivity index (χ0n) is 9.18. The highest BCUT2D eigenvalue weighted by molar-refractivity contribution is 5.94. The predicted molar refractivity (Wildman–Crippen MR) is 59.7 cm³/mol. The summed E-state index contributed by atoms with van der Waals surface area (Å²) < 4.78 is 7.21. The molecule has 0 unspecified atom stereocenters. The van der Waals surface area contributed by atoms with Crippen molar-refractivity contribution in [2.75, 3.05) is 0 Å². The van der Waals surface area contributed by atoms with Crippen LogP contribution in [-0.4, -0.2) is 15.6 Å². The molecule has 0 amide bonds. The van der Waals surface area contributed by atoms with E-state index in [0.717, 1.165) is 0 Å². The van der Waals surface area contributed by atoms with Crippen LogP contribution in [0.1, 0.15) is 17.3 Å². The number of carbonyl (C=O) groups excluding carboxylic acids is 1. The number of hydrogen-bond donors (Lipinski definition) is 0. The van der Waals surface area contributed by atoms with Crippen molar-refractivity contribution in [3.05, 3.63) is 42.2 Å². The van der Waals surface area contributed by atoms with Crippen molar-refractivity contribution < 1.29 is 9.53 Å². The van der Waals surface area contributed by atoms with E-state index < -0.39 is 0 Å². The highest BCUT2D eigenvalue weighted by Gasteiger charge is 2.01. The van der Waals surface area contributed by atoms with Crippen LogP contribution in [-0.2, 0) is 7.05 Å². The van der Waals surface area contributed by atoms with Crippen LogP contribution in [0, 0.1) is 0 Å². The van der Waals surface area contributed by atoms with Gasteiger partial charge in [0.25, 0.3) is 0 Å². The van der Waals surface area contributed by atoms with Gasteiger partial charge in [-0.05, 0) is 31.2 Å². The highest BCUT2D eigenvalue weighted by Crippen LogP contribution is 2.20. The Morgan fingerprint density at radius 1 is 1.25 bits per heavy atom. The monoisotopic (exact) mass is 216 g/mol. The summed E-state index contributed by atoms with van der Waals surface area (Å²) in [5.74, 6) is 1.42. The summed E-state index contributed by atoms with van der Waals surface area (Å²) in [6, 6.07) is 7.02. The molecule has 0 aliphatic rings. The number of rotatable bonds is 3. The van der Waals surface area contributed by atoms with Gasteiger partial charge < -0.3 is 4.74 Å². The van der Waals surface area contributed by atoms with E-state index >= 15 is 0 Å². The van der Waals surface area contributed by atoms with Crippen molar-refractivity contribution >= 4 is 5.78 Å². The van der Waals surface area contributed by atoms with Gasteiger partial charge >= 0.3 is 0 Å². The summed E-state index contributed by atoms with van der Waals surface area (Å²) in [5.41, 5.74) is 0.679. The second-order valence-corrected chi connectivity index (χ2v) is 3.53. The maximum Gasteiger partial charge on any atom is 0.165 e. The molecule has 82 valence electrons. The van der Waals surface area contributed by atoms with Gasteiger partial charge in [0.1, 0.15) is 5.75 Å². The molecule has 2 aromatic rings. The van der Waals surface area contributed by atoms with Crippen molar-refractivity contribution in [3.63, 3.8) is 0 Å².